The molecule has 2 aromatic rings. The first-order chi connectivity index (χ1) is 8.11. The zero-order valence-corrected chi connectivity index (χ0v) is 11.6. The first-order valence-corrected chi connectivity index (χ1v) is 6.82. The maximum atomic E-state index is 13.3. The molecule has 0 atom stereocenters. The van der Waals surface area contributed by atoms with Crippen LogP contribution in [-0.4, -0.2) is 16.6 Å². The first-order valence-electron chi connectivity index (χ1n) is 4.62. The van der Waals surface area contributed by atoms with E-state index in [4.69, 9.17) is 11.6 Å². The lowest BCUT2D eigenvalue weighted by Crippen LogP contribution is -2.00. The number of Topliss-reactive ketones (excluding diaryl/α,β-unsaturated/α-hetero) is 1. The van der Waals surface area contributed by atoms with E-state index in [0.29, 0.717) is 20.7 Å². The molecule has 17 heavy (non-hydrogen) atoms. The molecule has 6 heteroatoms. The maximum Gasteiger partial charge on any atom is 0.196 e. The summed E-state index contributed by atoms with van der Waals surface area (Å²) in [7, 11) is 0. The molecule has 0 fully saturated rings. The number of aromatic nitrogens is 1. The van der Waals surface area contributed by atoms with Crippen LogP contribution in [0.25, 0.3) is 10.6 Å². The Balaban J connectivity index is 2.37. The highest BCUT2D eigenvalue weighted by Crippen LogP contribution is 2.27. The van der Waals surface area contributed by atoms with Gasteiger partial charge in [-0.1, -0.05) is 6.07 Å². The second-order valence-electron chi connectivity index (χ2n) is 3.22. The fourth-order valence-corrected chi connectivity index (χ4v) is 2.44. The van der Waals surface area contributed by atoms with Crippen molar-refractivity contribution in [1.82, 2.24) is 4.98 Å². The smallest absolute Gasteiger partial charge is 0.196 e. The lowest BCUT2D eigenvalue weighted by atomic mass is 10.2. The molecular formula is C11H6BrClFNOS. The number of hydrogen-bond acceptors (Lipinski definition) is 3. The lowest BCUT2D eigenvalue weighted by Gasteiger charge is -1.98. The van der Waals surface area contributed by atoms with Gasteiger partial charge in [0.2, 0.25) is 0 Å². The molecule has 2 nitrogen and oxygen atoms in total. The Morgan fingerprint density at radius 1 is 1.53 bits per heavy atom. The van der Waals surface area contributed by atoms with E-state index in [1.54, 1.807) is 17.5 Å². The highest BCUT2D eigenvalue weighted by atomic mass is 79.9. The van der Waals surface area contributed by atoms with Gasteiger partial charge >= 0.3 is 0 Å². The van der Waals surface area contributed by atoms with Crippen LogP contribution in [0.4, 0.5) is 4.39 Å². The second-order valence-corrected chi connectivity index (χ2v) is 5.20. The highest BCUT2D eigenvalue weighted by Gasteiger charge is 2.11. The molecule has 88 valence electrons. The minimum atomic E-state index is -0.358. The van der Waals surface area contributed by atoms with Crippen molar-refractivity contribution in [3.8, 4) is 10.6 Å². The maximum absolute atomic E-state index is 13.3. The van der Waals surface area contributed by atoms with Crippen LogP contribution in [-0.2, 0) is 0 Å². The number of hydrogen-bond donors (Lipinski definition) is 0. The Hall–Kier alpha value is -0.780. The van der Waals surface area contributed by atoms with E-state index >= 15 is 0 Å². The van der Waals surface area contributed by atoms with Crippen molar-refractivity contribution in [3.63, 3.8) is 0 Å². The topological polar surface area (TPSA) is 30.0 Å². The number of benzene rings is 1. The van der Waals surface area contributed by atoms with Gasteiger partial charge in [-0.05, 0) is 28.1 Å². The fraction of sp³-hybridized carbons (Fsp3) is 0.0909. The van der Waals surface area contributed by atoms with Crippen molar-refractivity contribution in [2.45, 2.75) is 0 Å². The molecule has 0 spiro atoms. The van der Waals surface area contributed by atoms with E-state index in [-0.39, 0.29) is 17.5 Å². The van der Waals surface area contributed by atoms with Crippen LogP contribution in [0.15, 0.2) is 28.1 Å². The summed E-state index contributed by atoms with van der Waals surface area (Å²) in [6.45, 7) is 0. The Morgan fingerprint density at radius 2 is 2.29 bits per heavy atom. The van der Waals surface area contributed by atoms with Gasteiger partial charge in [0.25, 0.3) is 0 Å². The molecule has 0 radical (unpaired) electrons. The quantitative estimate of drug-likeness (QED) is 0.624. The third kappa shape index (κ3) is 2.73. The molecule has 2 rings (SSSR count). The molecule has 1 aromatic carbocycles. The van der Waals surface area contributed by atoms with Crippen LogP contribution < -0.4 is 0 Å². The molecule has 0 bridgehead atoms. The number of halogens is 3. The van der Waals surface area contributed by atoms with Gasteiger partial charge in [-0.3, -0.25) is 4.79 Å². The standard InChI is InChI=1S/C11H6BrClFNOS/c12-7-2-1-6(3-8(7)14)11-15-9(5-17-11)10(16)4-13/h1-3,5H,4H2. The molecule has 0 aliphatic rings. The molecular weight excluding hydrogens is 329 g/mol. The van der Waals surface area contributed by atoms with E-state index < -0.39 is 0 Å². The van der Waals surface area contributed by atoms with Crippen molar-refractivity contribution in [2.24, 2.45) is 0 Å². The molecule has 1 heterocycles. The highest BCUT2D eigenvalue weighted by molar-refractivity contribution is 9.10. The summed E-state index contributed by atoms with van der Waals surface area (Å²) in [6.07, 6.45) is 0. The van der Waals surface area contributed by atoms with Crippen LogP contribution >= 0.6 is 38.9 Å². The van der Waals surface area contributed by atoms with Crippen LogP contribution in [0.2, 0.25) is 0 Å². The molecule has 0 aliphatic heterocycles. The normalized spacial score (nSPS) is 10.5. The largest absolute Gasteiger partial charge is 0.291 e. The van der Waals surface area contributed by atoms with E-state index in [0.717, 1.165) is 0 Å². The Kier molecular flexibility index (Phi) is 3.91. The lowest BCUT2D eigenvalue weighted by molar-refractivity contribution is 0.101. The summed E-state index contributed by atoms with van der Waals surface area (Å²) in [5.41, 5.74) is 0.965. The number of carbonyl (C=O) groups excluding carboxylic acids is 1. The fourth-order valence-electron chi connectivity index (χ4n) is 1.23. The zero-order chi connectivity index (χ0) is 12.4. The van der Waals surface area contributed by atoms with Crippen LogP contribution in [0, 0.1) is 5.82 Å². The van der Waals surface area contributed by atoms with Gasteiger partial charge in [0.05, 0.1) is 10.4 Å². The van der Waals surface area contributed by atoms with Crippen molar-refractivity contribution in [3.05, 3.63) is 39.6 Å². The summed E-state index contributed by atoms with van der Waals surface area (Å²) in [4.78, 5) is 15.4. The average molecular weight is 335 g/mol. The average Bonchev–Trinajstić information content (AvgIpc) is 2.81. The molecule has 1 aromatic heterocycles. The SMILES string of the molecule is O=C(CCl)c1csc(-c2ccc(Br)c(F)c2)n1. The predicted molar refractivity (Wildman–Crippen MR) is 70.3 cm³/mol. The number of carbonyl (C=O) groups is 1. The Bertz CT molecular complexity index is 572. The summed E-state index contributed by atoms with van der Waals surface area (Å²) >= 11 is 9.80. The summed E-state index contributed by atoms with van der Waals surface area (Å²) in [6, 6.07) is 4.72. The van der Waals surface area contributed by atoms with Gasteiger partial charge in [-0.15, -0.1) is 22.9 Å². The van der Waals surface area contributed by atoms with E-state index in [1.165, 1.54) is 17.4 Å². The van der Waals surface area contributed by atoms with E-state index in [9.17, 15) is 9.18 Å². The van der Waals surface area contributed by atoms with Gasteiger partial charge in [0, 0.05) is 10.9 Å². The summed E-state index contributed by atoms with van der Waals surface area (Å²) in [5, 5.41) is 2.23. The van der Waals surface area contributed by atoms with E-state index in [2.05, 4.69) is 20.9 Å². The minimum Gasteiger partial charge on any atom is -0.291 e. The minimum absolute atomic E-state index is 0.0993. The van der Waals surface area contributed by atoms with Crippen molar-refractivity contribution < 1.29 is 9.18 Å². The van der Waals surface area contributed by atoms with Crippen molar-refractivity contribution in [2.75, 3.05) is 5.88 Å². The number of rotatable bonds is 3. The van der Waals surface area contributed by atoms with Gasteiger partial charge in [-0.25, -0.2) is 9.37 Å². The monoisotopic (exact) mass is 333 g/mol. The Morgan fingerprint density at radius 3 is 2.94 bits per heavy atom. The summed E-state index contributed by atoms with van der Waals surface area (Å²) < 4.78 is 13.7. The number of nitrogens with zero attached hydrogens (tertiary/aromatic N) is 1. The molecule has 0 unspecified atom stereocenters. The Labute approximate surface area is 115 Å². The van der Waals surface area contributed by atoms with Crippen molar-refractivity contribution >= 4 is 44.7 Å². The predicted octanol–water partition coefficient (Wildman–Crippen LogP) is 4.13. The van der Waals surface area contributed by atoms with Gasteiger partial charge in [0.1, 0.15) is 16.5 Å². The van der Waals surface area contributed by atoms with Gasteiger partial charge in [-0.2, -0.15) is 0 Å². The molecule has 0 N–H and O–H groups in total. The van der Waals surface area contributed by atoms with Crippen LogP contribution in [0.5, 0.6) is 0 Å². The molecule has 0 saturated carbocycles. The number of thiazole rings is 1. The van der Waals surface area contributed by atoms with Gasteiger partial charge < -0.3 is 0 Å². The van der Waals surface area contributed by atoms with Crippen molar-refractivity contribution in [1.29, 1.82) is 0 Å². The third-order valence-electron chi connectivity index (χ3n) is 2.08. The molecule has 0 aliphatic carbocycles. The molecule has 0 saturated heterocycles. The number of ketones is 1. The third-order valence-corrected chi connectivity index (χ3v) is 3.86. The molecule has 0 amide bonds. The first kappa shape index (κ1) is 12.7. The number of alkyl halides is 1. The van der Waals surface area contributed by atoms with Crippen LogP contribution in [0.3, 0.4) is 0 Å². The van der Waals surface area contributed by atoms with Gasteiger partial charge in [0.15, 0.2) is 5.78 Å². The zero-order valence-electron chi connectivity index (χ0n) is 8.41. The second kappa shape index (κ2) is 5.25. The van der Waals surface area contributed by atoms with E-state index in [1.807, 2.05) is 0 Å². The summed E-state index contributed by atoms with van der Waals surface area (Å²) in [5.74, 6) is -0.688. The van der Waals surface area contributed by atoms with Crippen LogP contribution in [0.1, 0.15) is 10.5 Å².